The highest BCUT2D eigenvalue weighted by molar-refractivity contribution is 5.79. The van der Waals surface area contributed by atoms with Crippen LogP contribution in [-0.4, -0.2) is 20.1 Å². The first-order valence-corrected chi connectivity index (χ1v) is 7.66. The van der Waals surface area contributed by atoms with Crippen molar-refractivity contribution >= 4 is 11.5 Å². The number of anilines is 1. The molecule has 0 aliphatic carbocycles. The van der Waals surface area contributed by atoms with Gasteiger partial charge in [0.25, 0.3) is 0 Å². The van der Waals surface area contributed by atoms with Crippen molar-refractivity contribution in [1.29, 1.82) is 5.26 Å². The number of nitrogens with one attached hydrogen (secondary N) is 2. The molecular formula is C18H21N5. The largest absolute Gasteiger partial charge is 0.364 e. The molecule has 1 aromatic carbocycles. The van der Waals surface area contributed by atoms with Gasteiger partial charge in [-0.05, 0) is 34.6 Å². The molecule has 5 heteroatoms. The lowest BCUT2D eigenvalue weighted by Gasteiger charge is -2.22. The molecule has 0 atom stereocenters. The molecular weight excluding hydrogens is 286 g/mol. The number of nitriles is 1. The minimum atomic E-state index is -0.124. The Hall–Kier alpha value is -2.74. The van der Waals surface area contributed by atoms with Gasteiger partial charge in [0.1, 0.15) is 17.3 Å². The summed E-state index contributed by atoms with van der Waals surface area (Å²) < 4.78 is 1.87. The molecule has 118 valence electrons. The highest BCUT2D eigenvalue weighted by Gasteiger charge is 2.23. The second-order valence-electron chi connectivity index (χ2n) is 6.93. The number of aromatic amines is 1. The number of aromatic nitrogens is 3. The number of benzene rings is 1. The van der Waals surface area contributed by atoms with Crippen LogP contribution < -0.4 is 5.32 Å². The van der Waals surface area contributed by atoms with Gasteiger partial charge in [-0.25, -0.2) is 9.50 Å². The monoisotopic (exact) mass is 307 g/mol. The summed E-state index contributed by atoms with van der Waals surface area (Å²) in [5.41, 5.74) is 5.03. The number of fused-ring (bicyclic) bond motifs is 1. The molecule has 0 saturated carbocycles. The number of hydrogen-bond donors (Lipinski definition) is 2. The number of aryl methyl sites for hydroxylation is 2. The van der Waals surface area contributed by atoms with E-state index < -0.39 is 0 Å². The van der Waals surface area contributed by atoms with E-state index in [4.69, 9.17) is 4.98 Å². The maximum atomic E-state index is 9.40. The Labute approximate surface area is 136 Å². The zero-order valence-corrected chi connectivity index (χ0v) is 14.2. The van der Waals surface area contributed by atoms with E-state index in [0.717, 1.165) is 22.8 Å². The van der Waals surface area contributed by atoms with Crippen molar-refractivity contribution in [1.82, 2.24) is 14.6 Å². The SMILES string of the molecule is Cc1ccc(-c2nc3c(C#N)c(C)[nH]n3c2NC(C)(C)C)cc1. The zero-order valence-electron chi connectivity index (χ0n) is 14.2. The van der Waals surface area contributed by atoms with E-state index in [-0.39, 0.29) is 5.54 Å². The first-order valence-electron chi connectivity index (χ1n) is 7.66. The van der Waals surface area contributed by atoms with Crippen LogP contribution in [0.4, 0.5) is 5.82 Å². The molecule has 0 spiro atoms. The van der Waals surface area contributed by atoms with Gasteiger partial charge in [-0.3, -0.25) is 5.10 Å². The van der Waals surface area contributed by atoms with Gasteiger partial charge in [0.05, 0.1) is 5.69 Å². The molecule has 2 aromatic heterocycles. The maximum absolute atomic E-state index is 9.40. The second-order valence-corrected chi connectivity index (χ2v) is 6.93. The molecule has 0 radical (unpaired) electrons. The van der Waals surface area contributed by atoms with E-state index in [9.17, 15) is 5.26 Å². The summed E-state index contributed by atoms with van der Waals surface area (Å²) in [5, 5.41) is 16.2. The van der Waals surface area contributed by atoms with E-state index in [2.05, 4.69) is 68.4 Å². The minimum Gasteiger partial charge on any atom is -0.364 e. The molecule has 23 heavy (non-hydrogen) atoms. The van der Waals surface area contributed by atoms with Crippen LogP contribution in [0.2, 0.25) is 0 Å². The fraction of sp³-hybridized carbons (Fsp3) is 0.333. The highest BCUT2D eigenvalue weighted by atomic mass is 15.3. The van der Waals surface area contributed by atoms with Crippen LogP contribution in [0.15, 0.2) is 24.3 Å². The molecule has 0 fully saturated rings. The van der Waals surface area contributed by atoms with Crippen molar-refractivity contribution in [3.05, 3.63) is 41.1 Å². The fourth-order valence-corrected chi connectivity index (χ4v) is 2.61. The predicted molar refractivity (Wildman–Crippen MR) is 92.5 cm³/mol. The van der Waals surface area contributed by atoms with Gasteiger partial charge in [-0.1, -0.05) is 29.8 Å². The van der Waals surface area contributed by atoms with Crippen LogP contribution in [0.3, 0.4) is 0 Å². The average Bonchev–Trinajstić information content (AvgIpc) is 2.94. The van der Waals surface area contributed by atoms with E-state index in [1.54, 1.807) is 0 Å². The third-order valence-corrected chi connectivity index (χ3v) is 3.69. The summed E-state index contributed by atoms with van der Waals surface area (Å²) in [4.78, 5) is 4.74. The summed E-state index contributed by atoms with van der Waals surface area (Å²) in [6, 6.07) is 10.5. The van der Waals surface area contributed by atoms with Crippen molar-refractivity contribution in [2.45, 2.75) is 40.2 Å². The average molecular weight is 307 g/mol. The van der Waals surface area contributed by atoms with Crippen LogP contribution in [0.25, 0.3) is 16.9 Å². The molecule has 3 aromatic rings. The van der Waals surface area contributed by atoms with Crippen LogP contribution in [0.1, 0.15) is 37.6 Å². The quantitative estimate of drug-likeness (QED) is 0.751. The van der Waals surface area contributed by atoms with Crippen molar-refractivity contribution in [2.24, 2.45) is 0 Å². The van der Waals surface area contributed by atoms with Crippen LogP contribution in [-0.2, 0) is 0 Å². The Morgan fingerprint density at radius 3 is 2.39 bits per heavy atom. The Bertz CT molecular complexity index is 898. The fourth-order valence-electron chi connectivity index (χ4n) is 2.61. The van der Waals surface area contributed by atoms with Gasteiger partial charge in [-0.15, -0.1) is 0 Å². The summed E-state index contributed by atoms with van der Waals surface area (Å²) in [7, 11) is 0. The molecule has 0 bridgehead atoms. The molecule has 0 saturated heterocycles. The molecule has 5 nitrogen and oxygen atoms in total. The molecule has 2 heterocycles. The van der Waals surface area contributed by atoms with Crippen molar-refractivity contribution in [3.63, 3.8) is 0 Å². The molecule has 0 aliphatic rings. The van der Waals surface area contributed by atoms with E-state index in [1.807, 2.05) is 11.4 Å². The van der Waals surface area contributed by atoms with E-state index in [0.29, 0.717) is 11.2 Å². The summed E-state index contributed by atoms with van der Waals surface area (Å²) >= 11 is 0. The lowest BCUT2D eigenvalue weighted by atomic mass is 10.1. The van der Waals surface area contributed by atoms with Crippen molar-refractivity contribution in [2.75, 3.05) is 5.32 Å². The molecule has 0 aliphatic heterocycles. The molecule has 0 amide bonds. The normalized spacial score (nSPS) is 11.7. The smallest absolute Gasteiger partial charge is 0.174 e. The maximum Gasteiger partial charge on any atom is 0.174 e. The number of nitrogens with zero attached hydrogens (tertiary/aromatic N) is 3. The summed E-state index contributed by atoms with van der Waals surface area (Å²) in [6.07, 6.45) is 0. The molecule has 2 N–H and O–H groups in total. The predicted octanol–water partition coefficient (Wildman–Crippen LogP) is 4.03. The van der Waals surface area contributed by atoms with Crippen LogP contribution in [0.5, 0.6) is 0 Å². The lowest BCUT2D eigenvalue weighted by Crippen LogP contribution is -2.27. The van der Waals surface area contributed by atoms with Crippen molar-refractivity contribution < 1.29 is 0 Å². The van der Waals surface area contributed by atoms with Gasteiger partial charge in [0.2, 0.25) is 0 Å². The Morgan fingerprint density at radius 2 is 1.83 bits per heavy atom. The van der Waals surface area contributed by atoms with Gasteiger partial charge >= 0.3 is 0 Å². The number of imidazole rings is 1. The van der Waals surface area contributed by atoms with Crippen LogP contribution >= 0.6 is 0 Å². The summed E-state index contributed by atoms with van der Waals surface area (Å²) in [5.74, 6) is 0.876. The highest BCUT2D eigenvalue weighted by Crippen LogP contribution is 2.32. The first-order chi connectivity index (χ1) is 10.8. The van der Waals surface area contributed by atoms with Gasteiger partial charge in [-0.2, -0.15) is 5.26 Å². The van der Waals surface area contributed by atoms with Crippen LogP contribution in [0, 0.1) is 25.2 Å². The van der Waals surface area contributed by atoms with E-state index in [1.165, 1.54) is 5.56 Å². The number of rotatable bonds is 2. The van der Waals surface area contributed by atoms with E-state index >= 15 is 0 Å². The Morgan fingerprint density at radius 1 is 1.17 bits per heavy atom. The van der Waals surface area contributed by atoms with Gasteiger partial charge in [0, 0.05) is 11.1 Å². The number of H-pyrrole nitrogens is 1. The first kappa shape index (κ1) is 15.2. The molecule has 3 rings (SSSR count). The summed E-state index contributed by atoms with van der Waals surface area (Å²) in [6.45, 7) is 10.3. The Kier molecular flexibility index (Phi) is 3.41. The Balaban J connectivity index is 2.27. The standard InChI is InChI=1S/C18H21N5/c1-11-6-8-13(9-7-11)15-17(21-18(3,4)5)23-16(20-15)14(10-19)12(2)22-23/h6-9,21-22H,1-5H3. The third kappa shape index (κ3) is 2.68. The topological polar surface area (TPSA) is 68.9 Å². The second kappa shape index (κ2) is 5.17. The zero-order chi connectivity index (χ0) is 16.8. The lowest BCUT2D eigenvalue weighted by molar-refractivity contribution is 0.627. The molecule has 0 unspecified atom stereocenters. The van der Waals surface area contributed by atoms with Gasteiger partial charge in [0.15, 0.2) is 11.5 Å². The van der Waals surface area contributed by atoms with Crippen molar-refractivity contribution in [3.8, 4) is 17.3 Å². The third-order valence-electron chi connectivity index (χ3n) is 3.69. The minimum absolute atomic E-state index is 0.124. The number of hydrogen-bond acceptors (Lipinski definition) is 3. The van der Waals surface area contributed by atoms with Gasteiger partial charge < -0.3 is 5.32 Å².